The minimum atomic E-state index is 0.584. The van der Waals surface area contributed by atoms with E-state index in [-0.39, 0.29) is 0 Å². The summed E-state index contributed by atoms with van der Waals surface area (Å²) >= 11 is 5.31. The lowest BCUT2D eigenvalue weighted by Gasteiger charge is -2.26. The molecule has 0 saturated carbocycles. The lowest BCUT2D eigenvalue weighted by molar-refractivity contribution is 0.465. The maximum Gasteiger partial charge on any atom is 0.0963 e. The van der Waals surface area contributed by atoms with Gasteiger partial charge in [0.2, 0.25) is 0 Å². The summed E-state index contributed by atoms with van der Waals surface area (Å²) in [6, 6.07) is 4.73. The van der Waals surface area contributed by atoms with E-state index in [1.165, 1.54) is 19.3 Å². The summed E-state index contributed by atoms with van der Waals surface area (Å²) in [6.07, 6.45) is 5.50. The van der Waals surface area contributed by atoms with E-state index in [0.717, 1.165) is 16.0 Å². The van der Waals surface area contributed by atoms with Crippen molar-refractivity contribution in [2.75, 3.05) is 6.54 Å². The van der Waals surface area contributed by atoms with Gasteiger partial charge in [-0.3, -0.25) is 0 Å². The first-order valence-electron chi connectivity index (χ1n) is 6.72. The molecule has 0 spiro atoms. The zero-order valence-electron chi connectivity index (χ0n) is 11.4. The fraction of sp³-hybridized carbons (Fsp3) is 0.643. The van der Waals surface area contributed by atoms with Crippen LogP contribution in [-0.4, -0.2) is 22.8 Å². The number of aromatic nitrogens is 1. The lowest BCUT2D eigenvalue weighted by atomic mass is 10.1. The molecule has 18 heavy (non-hydrogen) atoms. The second-order valence-corrected chi connectivity index (χ2v) is 6.51. The minimum Gasteiger partial charge on any atom is -0.313 e. The third kappa shape index (κ3) is 5.29. The van der Waals surface area contributed by atoms with E-state index in [1.807, 2.05) is 18.0 Å². The highest BCUT2D eigenvalue weighted by molar-refractivity contribution is 9.10. The van der Waals surface area contributed by atoms with E-state index in [4.69, 9.17) is 0 Å². The van der Waals surface area contributed by atoms with Crippen LogP contribution in [0.15, 0.2) is 27.8 Å². The van der Waals surface area contributed by atoms with Crippen LogP contribution in [0.1, 0.15) is 40.0 Å². The zero-order valence-corrected chi connectivity index (χ0v) is 13.9. The second kappa shape index (κ2) is 8.94. The number of hydrogen-bond acceptors (Lipinski definition) is 3. The molecule has 102 valence electrons. The van der Waals surface area contributed by atoms with Crippen LogP contribution in [0.4, 0.5) is 0 Å². The molecule has 0 fully saturated rings. The van der Waals surface area contributed by atoms with Gasteiger partial charge in [0.1, 0.15) is 0 Å². The Kier molecular flexibility index (Phi) is 7.95. The summed E-state index contributed by atoms with van der Waals surface area (Å²) < 4.78 is 1.04. The van der Waals surface area contributed by atoms with E-state index in [9.17, 15) is 0 Å². The standard InChI is InChI=1S/C14H23BrN2S/c1-4-7-12(16-6-3)13(5-2)18-14-9-8-11(15)10-17-14/h8-10,12-13,16H,4-7H2,1-3H3. The predicted octanol–water partition coefficient (Wildman–Crippen LogP) is 4.49. The van der Waals surface area contributed by atoms with Crippen molar-refractivity contribution in [1.29, 1.82) is 0 Å². The molecule has 0 aliphatic rings. The van der Waals surface area contributed by atoms with Gasteiger partial charge in [0.05, 0.1) is 5.03 Å². The van der Waals surface area contributed by atoms with Crippen molar-refractivity contribution in [3.63, 3.8) is 0 Å². The average Bonchev–Trinajstić information content (AvgIpc) is 2.38. The Hall–Kier alpha value is -0.0600. The molecule has 0 bridgehead atoms. The Balaban J connectivity index is 2.66. The molecule has 0 amide bonds. The lowest BCUT2D eigenvalue weighted by Crippen LogP contribution is -2.37. The van der Waals surface area contributed by atoms with Gasteiger partial charge in [-0.15, -0.1) is 11.8 Å². The van der Waals surface area contributed by atoms with E-state index in [0.29, 0.717) is 11.3 Å². The van der Waals surface area contributed by atoms with Gasteiger partial charge in [-0.05, 0) is 47.4 Å². The molecule has 2 nitrogen and oxygen atoms in total. The van der Waals surface area contributed by atoms with Crippen LogP contribution in [-0.2, 0) is 0 Å². The van der Waals surface area contributed by atoms with Gasteiger partial charge in [0.15, 0.2) is 0 Å². The molecule has 1 N–H and O–H groups in total. The number of rotatable bonds is 8. The number of nitrogens with zero attached hydrogens (tertiary/aromatic N) is 1. The highest BCUT2D eigenvalue weighted by Gasteiger charge is 2.19. The predicted molar refractivity (Wildman–Crippen MR) is 84.2 cm³/mol. The fourth-order valence-corrected chi connectivity index (χ4v) is 3.40. The topological polar surface area (TPSA) is 24.9 Å². The van der Waals surface area contributed by atoms with Gasteiger partial charge in [-0.1, -0.05) is 27.2 Å². The Morgan fingerprint density at radius 2 is 2.11 bits per heavy atom. The van der Waals surface area contributed by atoms with Crippen molar-refractivity contribution < 1.29 is 0 Å². The van der Waals surface area contributed by atoms with Crippen LogP contribution in [0.2, 0.25) is 0 Å². The zero-order chi connectivity index (χ0) is 13.4. The molecule has 0 saturated heterocycles. The average molecular weight is 331 g/mol. The molecular formula is C14H23BrN2S. The molecule has 0 aliphatic heterocycles. The number of thioether (sulfide) groups is 1. The maximum absolute atomic E-state index is 4.46. The molecule has 1 aromatic rings. The van der Waals surface area contributed by atoms with Crippen LogP contribution in [0, 0.1) is 0 Å². The van der Waals surface area contributed by atoms with E-state index in [2.05, 4.69) is 59.1 Å². The Morgan fingerprint density at radius 1 is 1.33 bits per heavy atom. The molecule has 1 aromatic heterocycles. The SMILES string of the molecule is CCCC(NCC)C(CC)Sc1ccc(Br)cn1. The highest BCUT2D eigenvalue weighted by atomic mass is 79.9. The quantitative estimate of drug-likeness (QED) is 0.710. The number of nitrogens with one attached hydrogen (secondary N) is 1. The van der Waals surface area contributed by atoms with Gasteiger partial charge >= 0.3 is 0 Å². The number of pyridine rings is 1. The third-order valence-electron chi connectivity index (χ3n) is 2.89. The second-order valence-electron chi connectivity index (χ2n) is 4.33. The Labute approximate surface area is 123 Å². The molecule has 1 heterocycles. The van der Waals surface area contributed by atoms with Crippen LogP contribution in [0.5, 0.6) is 0 Å². The molecule has 2 unspecified atom stereocenters. The van der Waals surface area contributed by atoms with Gasteiger partial charge in [-0.25, -0.2) is 4.98 Å². The van der Waals surface area contributed by atoms with Crippen molar-refractivity contribution >= 4 is 27.7 Å². The van der Waals surface area contributed by atoms with Gasteiger partial charge in [0, 0.05) is 22.0 Å². The number of halogens is 1. The first-order chi connectivity index (χ1) is 8.71. The fourth-order valence-electron chi connectivity index (χ4n) is 2.03. The minimum absolute atomic E-state index is 0.584. The summed E-state index contributed by atoms with van der Waals surface area (Å²) in [5.74, 6) is 0. The van der Waals surface area contributed by atoms with Crippen LogP contribution in [0.3, 0.4) is 0 Å². The molecule has 0 aliphatic carbocycles. The summed E-state index contributed by atoms with van der Waals surface area (Å²) in [5.41, 5.74) is 0. The van der Waals surface area contributed by atoms with E-state index >= 15 is 0 Å². The Bertz CT molecular complexity index is 323. The monoisotopic (exact) mass is 330 g/mol. The Morgan fingerprint density at radius 3 is 2.61 bits per heavy atom. The smallest absolute Gasteiger partial charge is 0.0963 e. The van der Waals surface area contributed by atoms with E-state index in [1.54, 1.807) is 0 Å². The van der Waals surface area contributed by atoms with Crippen molar-refractivity contribution in [2.45, 2.75) is 56.4 Å². The van der Waals surface area contributed by atoms with Gasteiger partial charge in [0.25, 0.3) is 0 Å². The summed E-state index contributed by atoms with van der Waals surface area (Å²) in [5, 5.41) is 5.32. The molecular weight excluding hydrogens is 308 g/mol. The molecule has 1 rings (SSSR count). The third-order valence-corrected chi connectivity index (χ3v) is 4.81. The van der Waals surface area contributed by atoms with Gasteiger partial charge in [-0.2, -0.15) is 0 Å². The molecule has 0 aromatic carbocycles. The van der Waals surface area contributed by atoms with Crippen LogP contribution >= 0.6 is 27.7 Å². The summed E-state index contributed by atoms with van der Waals surface area (Å²) in [4.78, 5) is 4.46. The van der Waals surface area contributed by atoms with Crippen molar-refractivity contribution in [3.05, 3.63) is 22.8 Å². The molecule has 2 atom stereocenters. The van der Waals surface area contributed by atoms with E-state index < -0.39 is 0 Å². The van der Waals surface area contributed by atoms with Crippen molar-refractivity contribution in [1.82, 2.24) is 10.3 Å². The van der Waals surface area contributed by atoms with Crippen LogP contribution < -0.4 is 5.32 Å². The number of hydrogen-bond donors (Lipinski definition) is 1. The summed E-state index contributed by atoms with van der Waals surface area (Å²) in [6.45, 7) is 7.73. The highest BCUT2D eigenvalue weighted by Crippen LogP contribution is 2.28. The van der Waals surface area contributed by atoms with Gasteiger partial charge < -0.3 is 5.32 Å². The maximum atomic E-state index is 4.46. The first-order valence-corrected chi connectivity index (χ1v) is 8.40. The van der Waals surface area contributed by atoms with Crippen molar-refractivity contribution in [3.8, 4) is 0 Å². The summed E-state index contributed by atoms with van der Waals surface area (Å²) in [7, 11) is 0. The normalized spacial score (nSPS) is 14.4. The largest absolute Gasteiger partial charge is 0.313 e. The first kappa shape index (κ1) is 16.0. The van der Waals surface area contributed by atoms with Crippen molar-refractivity contribution in [2.24, 2.45) is 0 Å². The molecule has 0 radical (unpaired) electrons. The van der Waals surface area contributed by atoms with Crippen LogP contribution in [0.25, 0.3) is 0 Å². The molecule has 4 heteroatoms.